The molecule has 0 saturated carbocycles. The largest absolute Gasteiger partial charge is 0.508 e. The highest BCUT2D eigenvalue weighted by molar-refractivity contribution is 7.13. The molecular weight excluding hydrogens is 258 g/mol. The Bertz CT molecular complexity index is 597. The molecule has 92 valence electrons. The van der Waals surface area contributed by atoms with Gasteiger partial charge in [0.05, 0.1) is 4.92 Å². The molecule has 0 aliphatic heterocycles. The summed E-state index contributed by atoms with van der Waals surface area (Å²) in [7, 11) is 0. The monoisotopic (exact) mass is 265 g/mol. The Kier molecular flexibility index (Phi) is 3.20. The van der Waals surface area contributed by atoms with Crippen molar-refractivity contribution in [2.45, 2.75) is 0 Å². The lowest BCUT2D eigenvalue weighted by Crippen LogP contribution is -2.13. The number of nitrogens with one attached hydrogen (secondary N) is 1. The predicted octanol–water partition coefficient (Wildman–Crippen LogP) is 2.01. The van der Waals surface area contributed by atoms with Crippen molar-refractivity contribution in [1.29, 1.82) is 0 Å². The summed E-state index contributed by atoms with van der Waals surface area (Å²) in [6, 6.07) is 3.27. The number of carbonyl (C=O) groups excluding carboxylic acids is 1. The van der Waals surface area contributed by atoms with Gasteiger partial charge in [-0.1, -0.05) is 0 Å². The van der Waals surface area contributed by atoms with E-state index < -0.39 is 10.8 Å². The molecule has 1 aromatic carbocycles. The van der Waals surface area contributed by atoms with E-state index >= 15 is 0 Å². The highest BCUT2D eigenvalue weighted by Crippen LogP contribution is 2.24. The fourth-order valence-corrected chi connectivity index (χ4v) is 1.84. The molecule has 0 aliphatic rings. The molecule has 0 spiro atoms. The van der Waals surface area contributed by atoms with E-state index in [1.165, 1.54) is 17.5 Å². The summed E-state index contributed by atoms with van der Waals surface area (Å²) in [5.41, 5.74) is -0.586. The van der Waals surface area contributed by atoms with Gasteiger partial charge in [0, 0.05) is 17.6 Å². The van der Waals surface area contributed by atoms with E-state index in [2.05, 4.69) is 10.3 Å². The first-order valence-corrected chi connectivity index (χ1v) is 5.64. The average molecular weight is 265 g/mol. The van der Waals surface area contributed by atoms with E-state index in [0.29, 0.717) is 5.13 Å². The van der Waals surface area contributed by atoms with Gasteiger partial charge < -0.3 is 5.11 Å². The van der Waals surface area contributed by atoms with Gasteiger partial charge in [-0.15, -0.1) is 11.3 Å². The van der Waals surface area contributed by atoms with Crippen molar-refractivity contribution in [2.24, 2.45) is 0 Å². The normalized spacial score (nSPS) is 10.0. The predicted molar refractivity (Wildman–Crippen MR) is 64.8 cm³/mol. The zero-order valence-electron chi connectivity index (χ0n) is 8.86. The van der Waals surface area contributed by atoms with E-state index in [0.717, 1.165) is 18.2 Å². The Morgan fingerprint density at radius 3 is 2.89 bits per heavy atom. The summed E-state index contributed by atoms with van der Waals surface area (Å²) in [4.78, 5) is 25.7. The number of benzene rings is 1. The quantitative estimate of drug-likeness (QED) is 0.652. The van der Waals surface area contributed by atoms with Crippen molar-refractivity contribution < 1.29 is 14.8 Å². The molecule has 0 atom stereocenters. The van der Waals surface area contributed by atoms with Crippen molar-refractivity contribution in [3.8, 4) is 5.75 Å². The number of nitro benzene ring substituents is 1. The summed E-state index contributed by atoms with van der Waals surface area (Å²) >= 11 is 1.19. The zero-order valence-corrected chi connectivity index (χ0v) is 9.68. The van der Waals surface area contributed by atoms with Gasteiger partial charge in [-0.2, -0.15) is 0 Å². The number of nitrogens with zero attached hydrogens (tertiary/aromatic N) is 2. The van der Waals surface area contributed by atoms with Crippen LogP contribution in [0.3, 0.4) is 0 Å². The maximum absolute atomic E-state index is 11.8. The molecule has 2 N–H and O–H groups in total. The first-order chi connectivity index (χ1) is 8.58. The maximum Gasteiger partial charge on any atom is 0.282 e. The molecule has 8 heteroatoms. The highest BCUT2D eigenvalue weighted by Gasteiger charge is 2.21. The molecule has 0 saturated heterocycles. The lowest BCUT2D eigenvalue weighted by atomic mass is 10.1. The number of hydrogen-bond donors (Lipinski definition) is 2. The summed E-state index contributed by atoms with van der Waals surface area (Å²) in [5.74, 6) is -0.905. The van der Waals surface area contributed by atoms with Crippen LogP contribution in [0.15, 0.2) is 29.8 Å². The SMILES string of the molecule is O=C(Nc1nccs1)c1cc(O)ccc1[N+](=O)[O-]. The molecule has 1 amide bonds. The fraction of sp³-hybridized carbons (Fsp3) is 0. The first-order valence-electron chi connectivity index (χ1n) is 4.76. The molecule has 0 fully saturated rings. The molecule has 0 aliphatic carbocycles. The van der Waals surface area contributed by atoms with Gasteiger partial charge in [0.25, 0.3) is 11.6 Å². The molecule has 1 aromatic heterocycles. The molecule has 2 rings (SSSR count). The third kappa shape index (κ3) is 2.43. The van der Waals surface area contributed by atoms with Gasteiger partial charge in [-0.05, 0) is 12.1 Å². The van der Waals surface area contributed by atoms with Crippen LogP contribution in [-0.2, 0) is 0 Å². The molecule has 7 nitrogen and oxygen atoms in total. The summed E-state index contributed by atoms with van der Waals surface area (Å²) in [6.45, 7) is 0. The van der Waals surface area contributed by atoms with E-state index in [1.807, 2.05) is 0 Å². The van der Waals surface area contributed by atoms with Gasteiger partial charge in [0.2, 0.25) is 0 Å². The number of thiazole rings is 1. The van der Waals surface area contributed by atoms with Crippen LogP contribution in [0, 0.1) is 10.1 Å². The standard InChI is InChI=1S/C10H7N3O4S/c14-6-1-2-8(13(16)17)7(5-6)9(15)12-10-11-3-4-18-10/h1-5,14H,(H,11,12,15). The van der Waals surface area contributed by atoms with E-state index in [4.69, 9.17) is 0 Å². The molecule has 1 heterocycles. The molecular formula is C10H7N3O4S. The Morgan fingerprint density at radius 2 is 2.28 bits per heavy atom. The minimum atomic E-state index is -0.687. The second-order valence-corrected chi connectivity index (χ2v) is 4.14. The van der Waals surface area contributed by atoms with Crippen LogP contribution < -0.4 is 5.32 Å². The van der Waals surface area contributed by atoms with Crippen molar-refractivity contribution in [1.82, 2.24) is 4.98 Å². The number of aromatic hydroxyl groups is 1. The van der Waals surface area contributed by atoms with Crippen molar-refractivity contribution >= 4 is 28.1 Å². The zero-order chi connectivity index (χ0) is 13.1. The van der Waals surface area contributed by atoms with Gasteiger partial charge in [-0.25, -0.2) is 4.98 Å². The number of aromatic nitrogens is 1. The first kappa shape index (κ1) is 12.0. The average Bonchev–Trinajstić information content (AvgIpc) is 2.81. The number of carbonyl (C=O) groups is 1. The molecule has 0 unspecified atom stereocenters. The lowest BCUT2D eigenvalue weighted by molar-refractivity contribution is -0.385. The molecule has 18 heavy (non-hydrogen) atoms. The number of phenolic OH excluding ortho intramolecular Hbond substituents is 1. The van der Waals surface area contributed by atoms with Crippen molar-refractivity contribution in [2.75, 3.05) is 5.32 Å². The van der Waals surface area contributed by atoms with Crippen LogP contribution in [0.5, 0.6) is 5.75 Å². The molecule has 2 aromatic rings. The number of amides is 1. The summed E-state index contributed by atoms with van der Waals surface area (Å²) in [6.07, 6.45) is 1.50. The number of nitro groups is 1. The number of anilines is 1. The highest BCUT2D eigenvalue weighted by atomic mass is 32.1. The summed E-state index contributed by atoms with van der Waals surface area (Å²) in [5, 5.41) is 24.5. The number of phenols is 1. The molecule has 0 bridgehead atoms. The minimum absolute atomic E-state index is 0.213. The third-order valence-corrected chi connectivity index (χ3v) is 2.76. The Morgan fingerprint density at radius 1 is 1.50 bits per heavy atom. The van der Waals surface area contributed by atoms with E-state index in [1.54, 1.807) is 5.38 Å². The van der Waals surface area contributed by atoms with Gasteiger partial charge >= 0.3 is 0 Å². The minimum Gasteiger partial charge on any atom is -0.508 e. The fourth-order valence-electron chi connectivity index (χ4n) is 1.31. The molecule has 0 radical (unpaired) electrons. The van der Waals surface area contributed by atoms with E-state index in [9.17, 15) is 20.0 Å². The van der Waals surface area contributed by atoms with Crippen LogP contribution >= 0.6 is 11.3 Å². The van der Waals surface area contributed by atoms with Crippen molar-refractivity contribution in [3.63, 3.8) is 0 Å². The topological polar surface area (TPSA) is 105 Å². The second kappa shape index (κ2) is 4.80. The van der Waals surface area contributed by atoms with Crippen LogP contribution in [0.25, 0.3) is 0 Å². The second-order valence-electron chi connectivity index (χ2n) is 3.25. The van der Waals surface area contributed by atoms with Crippen LogP contribution in [0.4, 0.5) is 10.8 Å². The summed E-state index contributed by atoms with van der Waals surface area (Å²) < 4.78 is 0. The van der Waals surface area contributed by atoms with Crippen LogP contribution in [0.2, 0.25) is 0 Å². The van der Waals surface area contributed by atoms with Crippen LogP contribution in [-0.4, -0.2) is 20.9 Å². The maximum atomic E-state index is 11.8. The van der Waals surface area contributed by atoms with Crippen molar-refractivity contribution in [3.05, 3.63) is 45.5 Å². The Balaban J connectivity index is 2.34. The number of hydrogen-bond acceptors (Lipinski definition) is 6. The third-order valence-electron chi connectivity index (χ3n) is 2.07. The lowest BCUT2D eigenvalue weighted by Gasteiger charge is -2.03. The van der Waals surface area contributed by atoms with Gasteiger partial charge in [0.15, 0.2) is 5.13 Å². The number of rotatable bonds is 3. The van der Waals surface area contributed by atoms with Gasteiger partial charge in [0.1, 0.15) is 11.3 Å². The Labute approximate surface area is 105 Å². The van der Waals surface area contributed by atoms with Gasteiger partial charge in [-0.3, -0.25) is 20.2 Å². The van der Waals surface area contributed by atoms with E-state index in [-0.39, 0.29) is 17.0 Å². The smallest absolute Gasteiger partial charge is 0.282 e. The van der Waals surface area contributed by atoms with Crippen LogP contribution in [0.1, 0.15) is 10.4 Å². The Hall–Kier alpha value is -2.48.